The number of primary amides is 1. The first-order chi connectivity index (χ1) is 7.41. The zero-order chi connectivity index (χ0) is 11.2. The maximum absolute atomic E-state index is 8.58. The minimum atomic E-state index is 0.250. The van der Waals surface area contributed by atoms with Gasteiger partial charge >= 0.3 is 0 Å². The summed E-state index contributed by atoms with van der Waals surface area (Å²) in [6.45, 7) is 4.00. The van der Waals surface area contributed by atoms with Gasteiger partial charge in [-0.05, 0) is 38.5 Å². The summed E-state index contributed by atoms with van der Waals surface area (Å²) in [7, 11) is 0. The Morgan fingerprint density at radius 2 is 1.00 bits per heavy atom. The van der Waals surface area contributed by atoms with E-state index in [1.165, 1.54) is 38.5 Å². The molecule has 0 spiro atoms. The minimum absolute atomic E-state index is 0.250. The molecule has 2 aliphatic rings. The van der Waals surface area contributed by atoms with Crippen molar-refractivity contribution < 1.29 is 14.3 Å². The van der Waals surface area contributed by atoms with Gasteiger partial charge in [0.05, 0.1) is 0 Å². The van der Waals surface area contributed by atoms with Crippen LogP contribution in [0.25, 0.3) is 0 Å². The second kappa shape index (κ2) is 13.4. The molecule has 90 valence electrons. The van der Waals surface area contributed by atoms with Gasteiger partial charge in [-0.15, -0.1) is 0 Å². The van der Waals surface area contributed by atoms with Gasteiger partial charge in [-0.25, -0.2) is 0 Å². The van der Waals surface area contributed by atoms with Crippen molar-refractivity contribution >= 4 is 6.41 Å². The molecule has 0 atom stereocenters. The van der Waals surface area contributed by atoms with E-state index in [0.29, 0.717) is 0 Å². The van der Waals surface area contributed by atoms with E-state index in [2.05, 4.69) is 5.73 Å². The van der Waals surface area contributed by atoms with Gasteiger partial charge in [0.15, 0.2) is 0 Å². The molecule has 2 saturated heterocycles. The highest BCUT2D eigenvalue weighted by Crippen LogP contribution is 2.02. The molecule has 0 aromatic carbocycles. The lowest BCUT2D eigenvalue weighted by Gasteiger charge is -2.08. The van der Waals surface area contributed by atoms with Crippen LogP contribution in [-0.2, 0) is 14.3 Å². The first-order valence-electron chi connectivity index (χ1n) is 5.72. The lowest BCUT2D eigenvalue weighted by atomic mass is 10.2. The Morgan fingerprint density at radius 1 is 0.733 bits per heavy atom. The van der Waals surface area contributed by atoms with Gasteiger partial charge in [-0.1, -0.05) is 0 Å². The van der Waals surface area contributed by atoms with Gasteiger partial charge in [0, 0.05) is 26.4 Å². The maximum atomic E-state index is 8.58. The third-order valence-corrected chi connectivity index (χ3v) is 2.15. The fourth-order valence-corrected chi connectivity index (χ4v) is 1.37. The van der Waals surface area contributed by atoms with Crippen molar-refractivity contribution in [3.63, 3.8) is 0 Å². The molecule has 2 N–H and O–H groups in total. The Balaban J connectivity index is 0.000000210. The number of carbonyl (C=O) groups is 1. The van der Waals surface area contributed by atoms with Gasteiger partial charge in [-0.3, -0.25) is 4.79 Å². The molecule has 0 unspecified atom stereocenters. The quantitative estimate of drug-likeness (QED) is 0.625. The number of nitrogens with two attached hydrogens (primary N) is 1. The molecule has 2 aliphatic heterocycles. The van der Waals surface area contributed by atoms with Crippen LogP contribution in [0.4, 0.5) is 0 Å². The van der Waals surface area contributed by atoms with Crippen LogP contribution in [-0.4, -0.2) is 32.8 Å². The SMILES string of the molecule is C1CCOCC1.C1CCOCC1.NC=O. The number of carbonyl (C=O) groups excluding carboxylic acids is 1. The normalized spacial score (nSPS) is 20.0. The van der Waals surface area contributed by atoms with E-state index in [9.17, 15) is 0 Å². The van der Waals surface area contributed by atoms with E-state index in [1.807, 2.05) is 0 Å². The topological polar surface area (TPSA) is 61.6 Å². The summed E-state index contributed by atoms with van der Waals surface area (Å²) in [6.07, 6.45) is 8.11. The van der Waals surface area contributed by atoms with Gasteiger partial charge in [0.2, 0.25) is 6.41 Å². The summed E-state index contributed by atoms with van der Waals surface area (Å²) in [5, 5.41) is 0. The van der Waals surface area contributed by atoms with Crippen LogP contribution in [0.3, 0.4) is 0 Å². The van der Waals surface area contributed by atoms with Crippen molar-refractivity contribution in [1.29, 1.82) is 0 Å². The minimum Gasteiger partial charge on any atom is -0.381 e. The molecular formula is C11H23NO3. The summed E-state index contributed by atoms with van der Waals surface area (Å²) in [6, 6.07) is 0. The molecule has 2 heterocycles. The van der Waals surface area contributed by atoms with Crippen molar-refractivity contribution in [2.75, 3.05) is 26.4 Å². The van der Waals surface area contributed by atoms with Gasteiger partial charge in [-0.2, -0.15) is 0 Å². The molecule has 4 heteroatoms. The fraction of sp³-hybridized carbons (Fsp3) is 0.909. The van der Waals surface area contributed by atoms with Crippen molar-refractivity contribution in [2.45, 2.75) is 38.5 Å². The first kappa shape index (κ1) is 14.4. The molecule has 0 radical (unpaired) electrons. The smallest absolute Gasteiger partial charge is 0.204 e. The predicted octanol–water partition coefficient (Wildman–Crippen LogP) is 1.48. The summed E-state index contributed by atoms with van der Waals surface area (Å²) in [5.74, 6) is 0. The molecule has 2 fully saturated rings. The van der Waals surface area contributed by atoms with Gasteiger partial charge in [0.25, 0.3) is 0 Å². The van der Waals surface area contributed by atoms with Crippen LogP contribution < -0.4 is 5.73 Å². The maximum Gasteiger partial charge on any atom is 0.204 e. The summed E-state index contributed by atoms with van der Waals surface area (Å²) >= 11 is 0. The number of hydrogen-bond acceptors (Lipinski definition) is 3. The van der Waals surface area contributed by atoms with Crippen molar-refractivity contribution in [3.05, 3.63) is 0 Å². The molecule has 15 heavy (non-hydrogen) atoms. The molecular weight excluding hydrogens is 194 g/mol. The van der Waals surface area contributed by atoms with Crippen molar-refractivity contribution in [1.82, 2.24) is 0 Å². The summed E-state index contributed by atoms with van der Waals surface area (Å²) in [5.41, 5.74) is 4.17. The average Bonchev–Trinajstić information content (AvgIpc) is 2.35. The van der Waals surface area contributed by atoms with Crippen LogP contribution in [0.1, 0.15) is 38.5 Å². The number of rotatable bonds is 0. The second-order valence-electron chi connectivity index (χ2n) is 3.48. The number of ether oxygens (including phenoxy) is 2. The third kappa shape index (κ3) is 13.4. The molecule has 1 amide bonds. The zero-order valence-corrected chi connectivity index (χ0v) is 9.45. The Labute approximate surface area is 92.1 Å². The van der Waals surface area contributed by atoms with Crippen molar-refractivity contribution in [3.8, 4) is 0 Å². The highest BCUT2D eigenvalue weighted by molar-refractivity contribution is 5.42. The molecule has 0 aromatic rings. The van der Waals surface area contributed by atoms with Crippen LogP contribution in [0, 0.1) is 0 Å². The van der Waals surface area contributed by atoms with E-state index in [0.717, 1.165) is 26.4 Å². The van der Waals surface area contributed by atoms with E-state index in [-0.39, 0.29) is 6.41 Å². The summed E-state index contributed by atoms with van der Waals surface area (Å²) in [4.78, 5) is 8.58. The first-order valence-corrected chi connectivity index (χ1v) is 5.72. The monoisotopic (exact) mass is 217 g/mol. The van der Waals surface area contributed by atoms with Crippen molar-refractivity contribution in [2.24, 2.45) is 5.73 Å². The summed E-state index contributed by atoms with van der Waals surface area (Å²) < 4.78 is 10.1. The third-order valence-electron chi connectivity index (χ3n) is 2.15. The molecule has 0 bridgehead atoms. The molecule has 0 saturated carbocycles. The van der Waals surface area contributed by atoms with Crippen LogP contribution in [0.2, 0.25) is 0 Å². The Hall–Kier alpha value is -0.610. The van der Waals surface area contributed by atoms with Crippen LogP contribution >= 0.6 is 0 Å². The largest absolute Gasteiger partial charge is 0.381 e. The van der Waals surface area contributed by atoms with E-state index >= 15 is 0 Å². The second-order valence-corrected chi connectivity index (χ2v) is 3.48. The van der Waals surface area contributed by atoms with E-state index in [4.69, 9.17) is 14.3 Å². The highest BCUT2D eigenvalue weighted by Gasteiger charge is 1.95. The molecule has 4 nitrogen and oxygen atoms in total. The van der Waals surface area contributed by atoms with Gasteiger partial charge < -0.3 is 15.2 Å². The van der Waals surface area contributed by atoms with E-state index in [1.54, 1.807) is 0 Å². The fourth-order valence-electron chi connectivity index (χ4n) is 1.37. The standard InChI is InChI=1S/2C5H10O.CH3NO/c2*1-2-4-6-5-3-1;2-1-3/h2*1-5H2;1H,(H2,2,3). The average molecular weight is 217 g/mol. The highest BCUT2D eigenvalue weighted by atomic mass is 16.5. The molecule has 0 aliphatic carbocycles. The number of amides is 1. The predicted molar refractivity (Wildman–Crippen MR) is 59.6 cm³/mol. The van der Waals surface area contributed by atoms with Gasteiger partial charge in [0.1, 0.15) is 0 Å². The lowest BCUT2D eigenvalue weighted by Crippen LogP contribution is -2.03. The Bertz CT molecular complexity index is 88.0. The Kier molecular flexibility index (Phi) is 12.8. The molecule has 0 aromatic heterocycles. The van der Waals surface area contributed by atoms with Crippen LogP contribution in [0.15, 0.2) is 0 Å². The molecule has 2 rings (SSSR count). The zero-order valence-electron chi connectivity index (χ0n) is 9.45. The lowest BCUT2D eigenvalue weighted by molar-refractivity contribution is -0.106. The number of hydrogen-bond donors (Lipinski definition) is 1. The van der Waals surface area contributed by atoms with Crippen LogP contribution in [0.5, 0.6) is 0 Å². The van der Waals surface area contributed by atoms with E-state index < -0.39 is 0 Å². The Morgan fingerprint density at radius 3 is 1.07 bits per heavy atom.